The minimum atomic E-state index is -0.573. The van der Waals surface area contributed by atoms with E-state index >= 15 is 0 Å². The van der Waals surface area contributed by atoms with Crippen molar-refractivity contribution in [2.24, 2.45) is 5.41 Å². The van der Waals surface area contributed by atoms with Crippen LogP contribution in [-0.4, -0.2) is 66.7 Å². The van der Waals surface area contributed by atoms with Crippen molar-refractivity contribution in [1.82, 2.24) is 9.80 Å². The molecule has 1 atom stereocenters. The number of hydrogen-bond donors (Lipinski definition) is 0. The first kappa shape index (κ1) is 102. The lowest BCUT2D eigenvalue weighted by Crippen LogP contribution is -2.55. The highest BCUT2D eigenvalue weighted by Gasteiger charge is 2.55. The SMILES string of the molecule is CC(C)(C)OC(=O)N1CCCCCCCCCCCCCCCCCCCCCCCCCCCCCCCCCCCCCCCCC2(CCCCCCCCCCCCCCCCCCCCCCCCCCCCCCCCCCCCCCCCCCCCCC23OCCO3)CN(Cc2ccccc2)CCC1. The minimum Gasteiger partial charge on any atom is -0.444 e. The zero-order valence-electron chi connectivity index (χ0n) is 76.0. The van der Waals surface area contributed by atoms with E-state index in [1.807, 2.05) is 20.8 Å². The second-order valence-corrected chi connectivity index (χ2v) is 38.6. The topological polar surface area (TPSA) is 51.2 Å². The molecule has 1 aromatic carbocycles. The van der Waals surface area contributed by atoms with Crippen LogP contribution in [0, 0.1) is 5.41 Å². The number of rotatable bonds is 2. The number of amides is 1. The molecule has 2 aliphatic heterocycles. The van der Waals surface area contributed by atoms with Crippen LogP contribution in [0.15, 0.2) is 30.3 Å². The monoisotopic (exact) mass is 1550 g/mol. The first-order chi connectivity index (χ1) is 54.8. The van der Waals surface area contributed by atoms with Crippen LogP contribution < -0.4 is 0 Å². The molecular weight excluding hydrogens is 1350 g/mol. The summed E-state index contributed by atoms with van der Waals surface area (Å²) in [7, 11) is 0. The van der Waals surface area contributed by atoms with Crippen molar-refractivity contribution in [3.8, 4) is 0 Å². The Bertz CT molecular complexity index is 2010. The van der Waals surface area contributed by atoms with Crippen LogP contribution in [0.2, 0.25) is 0 Å². The van der Waals surface area contributed by atoms with Gasteiger partial charge in [-0.25, -0.2) is 4.79 Å². The fourth-order valence-electron chi connectivity index (χ4n) is 19.7. The van der Waals surface area contributed by atoms with E-state index in [4.69, 9.17) is 14.2 Å². The molecule has 0 aromatic heterocycles. The molecule has 0 N–H and O–H groups in total. The van der Waals surface area contributed by atoms with Gasteiger partial charge in [0.1, 0.15) is 5.60 Å². The van der Waals surface area contributed by atoms with Crippen molar-refractivity contribution >= 4 is 6.09 Å². The van der Waals surface area contributed by atoms with Crippen molar-refractivity contribution in [3.05, 3.63) is 35.9 Å². The molecule has 2 heterocycles. The number of carbonyl (C=O) groups is 1. The summed E-state index contributed by atoms with van der Waals surface area (Å²) < 4.78 is 21.1. The van der Waals surface area contributed by atoms with Gasteiger partial charge in [0.15, 0.2) is 5.79 Å². The quantitative estimate of drug-likeness (QED) is 0.295. The first-order valence-electron chi connectivity index (χ1n) is 51.8. The highest BCUT2D eigenvalue weighted by Crippen LogP contribution is 2.51. The number of fused-ring (bicyclic) bond motifs is 1. The van der Waals surface area contributed by atoms with Crippen LogP contribution in [0.5, 0.6) is 0 Å². The summed E-state index contributed by atoms with van der Waals surface area (Å²) in [4.78, 5) is 19.2. The predicted octanol–water partition coefficient (Wildman–Crippen LogP) is 35.6. The Morgan fingerprint density at radius 3 is 0.721 bits per heavy atom. The van der Waals surface area contributed by atoms with Gasteiger partial charge >= 0.3 is 6.09 Å². The van der Waals surface area contributed by atoms with Gasteiger partial charge < -0.3 is 19.1 Å². The maximum absolute atomic E-state index is 14.3. The van der Waals surface area contributed by atoms with E-state index in [0.29, 0.717) is 13.2 Å². The molecule has 1 unspecified atom stereocenters. The van der Waals surface area contributed by atoms with E-state index in [9.17, 15) is 4.79 Å². The number of carbonyl (C=O) groups excluding carboxylic acids is 1. The van der Waals surface area contributed by atoms with Gasteiger partial charge in [-0.05, 0) is 58.4 Å². The molecule has 1 amide bonds. The van der Waals surface area contributed by atoms with Gasteiger partial charge in [-0.3, -0.25) is 4.90 Å². The van der Waals surface area contributed by atoms with Crippen molar-refractivity contribution in [1.29, 1.82) is 0 Å². The van der Waals surface area contributed by atoms with Gasteiger partial charge in [0, 0.05) is 44.6 Å². The largest absolute Gasteiger partial charge is 0.444 e. The molecule has 3 fully saturated rings. The average Bonchev–Trinajstić information content (AvgIpc) is 1.34. The summed E-state index contributed by atoms with van der Waals surface area (Å²) in [5.74, 6) is -0.573. The first-order valence-corrected chi connectivity index (χ1v) is 51.8. The number of nitrogens with zero attached hydrogens (tertiary/aromatic N) is 2. The molecule has 4 rings (SSSR count). The van der Waals surface area contributed by atoms with Crippen LogP contribution in [0.1, 0.15) is 572 Å². The Kier molecular flexibility index (Phi) is 69.5. The van der Waals surface area contributed by atoms with Crippen LogP contribution in [0.3, 0.4) is 0 Å². The third-order valence-electron chi connectivity index (χ3n) is 26.9. The van der Waals surface area contributed by atoms with E-state index in [0.717, 1.165) is 52.0 Å². The van der Waals surface area contributed by atoms with Crippen molar-refractivity contribution < 1.29 is 19.0 Å². The number of hydrogen-bond acceptors (Lipinski definition) is 5. The van der Waals surface area contributed by atoms with E-state index in [1.165, 1.54) is 532 Å². The van der Waals surface area contributed by atoms with Crippen LogP contribution >= 0.6 is 0 Å². The molecule has 2 spiro atoms. The van der Waals surface area contributed by atoms with Crippen molar-refractivity contribution in [2.45, 2.75) is 584 Å². The lowest BCUT2D eigenvalue weighted by atomic mass is 9.68. The van der Waals surface area contributed by atoms with Gasteiger partial charge in [-0.2, -0.15) is 0 Å². The highest BCUT2D eigenvalue weighted by molar-refractivity contribution is 5.68. The van der Waals surface area contributed by atoms with E-state index < -0.39 is 11.4 Å². The standard InChI is InChI=1S/C105H198N2O4/c1-103(2,3)111-102(108)107-95-87-80-76-72-68-64-60-56-52-48-44-40-36-32-28-24-20-16-12-11-14-18-22-26-30-34-38-42-46-50-54-58-62-66-70-74-78-85-92-104(100-106(94-88-96-107)99-101-89-82-81-83-90-101)91-84-77-73-69-65-61-57-53-49-45-41-37-33-29-25-21-17-13-9-7-5-4-6-8-10-15-19-23-27-31-35-39-43-47-51-55-59-63-67-71-75-79-86-93-105(104)109-97-98-110-105/h81-83,89-90H,4-80,84-88,91-100H2,1-3H3. The molecule has 6 nitrogen and oxygen atoms in total. The van der Waals surface area contributed by atoms with Gasteiger partial charge in [0.05, 0.1) is 13.2 Å². The lowest BCUT2D eigenvalue weighted by Gasteiger charge is -2.50. The van der Waals surface area contributed by atoms with Gasteiger partial charge in [0.25, 0.3) is 0 Å². The predicted molar refractivity (Wildman–Crippen MR) is 489 cm³/mol. The Balaban J connectivity index is 1.47. The van der Waals surface area contributed by atoms with E-state index in [2.05, 4.69) is 40.1 Å². The Hall–Kier alpha value is -1.63. The molecule has 111 heavy (non-hydrogen) atoms. The molecular formula is C105H198N2O4. The average molecular weight is 1550 g/mol. The van der Waals surface area contributed by atoms with Gasteiger partial charge in [-0.15, -0.1) is 0 Å². The maximum atomic E-state index is 14.3. The molecule has 652 valence electrons. The molecule has 1 aromatic rings. The lowest BCUT2D eigenvalue weighted by molar-refractivity contribution is -0.254. The summed E-state index contributed by atoms with van der Waals surface area (Å²) in [5.41, 5.74) is 0.732. The van der Waals surface area contributed by atoms with E-state index in [1.54, 1.807) is 0 Å². The van der Waals surface area contributed by atoms with Crippen LogP contribution in [0.25, 0.3) is 0 Å². The van der Waals surface area contributed by atoms with Gasteiger partial charge in [0.2, 0.25) is 0 Å². The zero-order chi connectivity index (χ0) is 78.5. The third kappa shape index (κ3) is 60.5. The summed E-state index contributed by atoms with van der Waals surface area (Å²) >= 11 is 0. The van der Waals surface area contributed by atoms with Gasteiger partial charge in [-0.1, -0.05) is 538 Å². The third-order valence-corrected chi connectivity index (χ3v) is 26.9. The molecule has 2 saturated heterocycles. The summed E-state index contributed by atoms with van der Waals surface area (Å²) in [5, 5.41) is 0. The molecule has 3 aliphatic rings. The van der Waals surface area contributed by atoms with E-state index in [-0.39, 0.29) is 11.5 Å². The smallest absolute Gasteiger partial charge is 0.410 e. The summed E-state index contributed by atoms with van der Waals surface area (Å²) in [6.07, 6.45) is 119. The molecule has 1 saturated carbocycles. The maximum Gasteiger partial charge on any atom is 0.410 e. The molecule has 0 bridgehead atoms. The highest BCUT2D eigenvalue weighted by atomic mass is 16.7. The van der Waals surface area contributed by atoms with Crippen LogP contribution in [-0.2, 0) is 20.8 Å². The number of ether oxygens (including phenoxy) is 3. The zero-order valence-corrected chi connectivity index (χ0v) is 76.0. The minimum absolute atomic E-state index is 0.129. The Morgan fingerprint density at radius 1 is 0.279 bits per heavy atom. The second kappa shape index (κ2) is 75.8. The Labute approximate surface area is 696 Å². The number of benzene rings is 1. The fourth-order valence-corrected chi connectivity index (χ4v) is 19.7. The van der Waals surface area contributed by atoms with Crippen LogP contribution in [0.4, 0.5) is 4.79 Å². The molecule has 1 aliphatic carbocycles. The summed E-state index contributed by atoms with van der Waals surface area (Å²) in [6.45, 7) is 11.9. The van der Waals surface area contributed by atoms with Crippen molar-refractivity contribution in [3.63, 3.8) is 0 Å². The van der Waals surface area contributed by atoms with Crippen molar-refractivity contribution in [2.75, 3.05) is 39.4 Å². The Morgan fingerprint density at radius 2 is 0.486 bits per heavy atom. The molecule has 6 heteroatoms. The summed E-state index contributed by atoms with van der Waals surface area (Å²) in [6, 6.07) is 11.4. The fraction of sp³-hybridized carbons (Fsp3) is 0.933. The normalized spacial score (nSPS) is 24.9. The molecule has 0 radical (unpaired) electrons. The second-order valence-electron chi connectivity index (χ2n) is 38.6.